The Hall–Kier alpha value is -2.35. The maximum atomic E-state index is 12.2. The fraction of sp³-hybridized carbons (Fsp3) is 0.222. The second kappa shape index (κ2) is 7.77. The summed E-state index contributed by atoms with van der Waals surface area (Å²) in [5, 5.41) is 12.3. The van der Waals surface area contributed by atoms with Crippen molar-refractivity contribution in [1.82, 2.24) is 4.90 Å². The number of nitrogens with zero attached hydrogens (tertiary/aromatic N) is 2. The van der Waals surface area contributed by atoms with Gasteiger partial charge in [0.2, 0.25) is 5.91 Å². The lowest BCUT2D eigenvalue weighted by Crippen LogP contribution is -2.30. The average Bonchev–Trinajstić information content (AvgIpc) is 2.49. The van der Waals surface area contributed by atoms with Crippen molar-refractivity contribution in [3.63, 3.8) is 0 Å². The van der Waals surface area contributed by atoms with E-state index < -0.39 is 0 Å². The Morgan fingerprint density at radius 3 is 2.74 bits per heavy atom. The molecule has 2 aromatic rings. The van der Waals surface area contributed by atoms with E-state index in [0.717, 1.165) is 0 Å². The Labute approximate surface area is 141 Å². The summed E-state index contributed by atoms with van der Waals surface area (Å²) in [6.07, 6.45) is 0. The van der Waals surface area contributed by atoms with Crippen molar-refractivity contribution in [3.05, 3.63) is 64.2 Å². The highest BCUT2D eigenvalue weighted by molar-refractivity contribution is 6.31. The normalized spacial score (nSPS) is 10.4. The molecule has 0 heterocycles. The van der Waals surface area contributed by atoms with Gasteiger partial charge >= 0.3 is 0 Å². The summed E-state index contributed by atoms with van der Waals surface area (Å²) in [5.41, 5.74) is 3.21. The molecule has 0 saturated heterocycles. The molecule has 23 heavy (non-hydrogen) atoms. The van der Waals surface area contributed by atoms with Crippen LogP contribution in [-0.4, -0.2) is 24.4 Å². The van der Waals surface area contributed by atoms with Crippen LogP contribution in [0, 0.1) is 18.3 Å². The van der Waals surface area contributed by atoms with Gasteiger partial charge in [0.05, 0.1) is 17.8 Å². The summed E-state index contributed by atoms with van der Waals surface area (Å²) in [5.74, 6) is -0.181. The number of amides is 1. The standard InChI is InChI=1S/C18H18ClN3O/c1-13-5-3-4-6-15(13)11-22(2)12-18(23)21-17-9-16(19)8-7-14(17)10-20/h3-9H,11-12H2,1-2H3,(H,21,23). The minimum atomic E-state index is -0.181. The molecule has 118 valence electrons. The van der Waals surface area contributed by atoms with Crippen LogP contribution in [-0.2, 0) is 11.3 Å². The van der Waals surface area contributed by atoms with Crippen molar-refractivity contribution in [1.29, 1.82) is 5.26 Å². The van der Waals surface area contributed by atoms with Gasteiger partial charge in [-0.2, -0.15) is 5.26 Å². The topological polar surface area (TPSA) is 56.1 Å². The maximum absolute atomic E-state index is 12.2. The molecule has 0 unspecified atom stereocenters. The zero-order chi connectivity index (χ0) is 16.8. The van der Waals surface area contributed by atoms with E-state index in [4.69, 9.17) is 16.9 Å². The Morgan fingerprint density at radius 2 is 2.04 bits per heavy atom. The highest BCUT2D eigenvalue weighted by Gasteiger charge is 2.11. The SMILES string of the molecule is Cc1ccccc1CN(C)CC(=O)Nc1cc(Cl)ccc1C#N. The van der Waals surface area contributed by atoms with E-state index in [9.17, 15) is 4.79 Å². The van der Waals surface area contributed by atoms with Gasteiger partial charge in [0.25, 0.3) is 0 Å². The Morgan fingerprint density at radius 1 is 1.30 bits per heavy atom. The van der Waals surface area contributed by atoms with Gasteiger partial charge in [-0.25, -0.2) is 0 Å². The molecular weight excluding hydrogens is 310 g/mol. The molecule has 0 aromatic heterocycles. The second-order valence-corrected chi connectivity index (χ2v) is 5.89. The van der Waals surface area contributed by atoms with Crippen molar-refractivity contribution < 1.29 is 4.79 Å². The average molecular weight is 328 g/mol. The maximum Gasteiger partial charge on any atom is 0.238 e. The molecule has 0 aliphatic carbocycles. The largest absolute Gasteiger partial charge is 0.324 e. The van der Waals surface area contributed by atoms with Crippen molar-refractivity contribution in [2.24, 2.45) is 0 Å². The Bertz CT molecular complexity index is 752. The summed E-state index contributed by atoms with van der Waals surface area (Å²) >= 11 is 5.92. The number of halogens is 1. The first kappa shape index (κ1) is 17.0. The predicted octanol–water partition coefficient (Wildman–Crippen LogP) is 3.59. The first-order valence-electron chi connectivity index (χ1n) is 7.22. The van der Waals surface area contributed by atoms with Crippen LogP contribution in [0.3, 0.4) is 0 Å². The zero-order valence-corrected chi connectivity index (χ0v) is 13.9. The highest BCUT2D eigenvalue weighted by Crippen LogP contribution is 2.20. The van der Waals surface area contributed by atoms with Crippen molar-refractivity contribution in [2.45, 2.75) is 13.5 Å². The lowest BCUT2D eigenvalue weighted by Gasteiger charge is -2.18. The first-order chi connectivity index (χ1) is 11.0. The molecule has 5 heteroatoms. The fourth-order valence-electron chi connectivity index (χ4n) is 2.29. The molecule has 0 saturated carbocycles. The lowest BCUT2D eigenvalue weighted by molar-refractivity contribution is -0.117. The number of carbonyl (C=O) groups excluding carboxylic acids is 1. The van der Waals surface area contributed by atoms with Gasteiger partial charge in [-0.1, -0.05) is 35.9 Å². The van der Waals surface area contributed by atoms with Crippen molar-refractivity contribution >= 4 is 23.2 Å². The van der Waals surface area contributed by atoms with Crippen LogP contribution in [0.15, 0.2) is 42.5 Å². The van der Waals surface area contributed by atoms with Crippen LogP contribution < -0.4 is 5.32 Å². The molecule has 0 fully saturated rings. The molecule has 1 amide bonds. The van der Waals surface area contributed by atoms with Crippen LogP contribution in [0.5, 0.6) is 0 Å². The van der Waals surface area contributed by atoms with E-state index >= 15 is 0 Å². The third-order valence-electron chi connectivity index (χ3n) is 3.49. The van der Waals surface area contributed by atoms with E-state index in [0.29, 0.717) is 22.8 Å². The third kappa shape index (κ3) is 4.82. The number of nitrogens with one attached hydrogen (secondary N) is 1. The zero-order valence-electron chi connectivity index (χ0n) is 13.1. The fourth-order valence-corrected chi connectivity index (χ4v) is 2.46. The quantitative estimate of drug-likeness (QED) is 0.913. The Kier molecular flexibility index (Phi) is 5.75. The molecular formula is C18H18ClN3O. The predicted molar refractivity (Wildman–Crippen MR) is 92.3 cm³/mol. The van der Waals surface area contributed by atoms with E-state index in [1.165, 1.54) is 11.1 Å². The summed E-state index contributed by atoms with van der Waals surface area (Å²) in [7, 11) is 1.88. The van der Waals surface area contributed by atoms with Gasteiger partial charge in [-0.05, 0) is 43.3 Å². The highest BCUT2D eigenvalue weighted by atomic mass is 35.5. The van der Waals surface area contributed by atoms with Crippen LogP contribution >= 0.6 is 11.6 Å². The molecule has 0 bridgehead atoms. The number of hydrogen-bond donors (Lipinski definition) is 1. The minimum Gasteiger partial charge on any atom is -0.324 e. The first-order valence-corrected chi connectivity index (χ1v) is 7.60. The molecule has 0 atom stereocenters. The smallest absolute Gasteiger partial charge is 0.238 e. The van der Waals surface area contributed by atoms with Crippen LogP contribution in [0.25, 0.3) is 0 Å². The molecule has 0 spiro atoms. The summed E-state index contributed by atoms with van der Waals surface area (Å²) < 4.78 is 0. The number of anilines is 1. The second-order valence-electron chi connectivity index (χ2n) is 5.45. The van der Waals surface area contributed by atoms with E-state index in [2.05, 4.69) is 24.4 Å². The number of aryl methyl sites for hydroxylation is 1. The van der Waals surface area contributed by atoms with Crippen molar-refractivity contribution in [2.75, 3.05) is 18.9 Å². The number of benzene rings is 2. The van der Waals surface area contributed by atoms with Crippen molar-refractivity contribution in [3.8, 4) is 6.07 Å². The summed E-state index contributed by atoms with van der Waals surface area (Å²) in [4.78, 5) is 14.1. The molecule has 4 nitrogen and oxygen atoms in total. The molecule has 0 aliphatic heterocycles. The van der Waals surface area contributed by atoms with Crippen LogP contribution in [0.2, 0.25) is 5.02 Å². The molecule has 2 rings (SSSR count). The summed E-state index contributed by atoms with van der Waals surface area (Å²) in [6, 6.07) is 14.9. The molecule has 2 aromatic carbocycles. The third-order valence-corrected chi connectivity index (χ3v) is 3.73. The van der Waals surface area contributed by atoms with Gasteiger partial charge < -0.3 is 5.32 Å². The van der Waals surface area contributed by atoms with Crippen LogP contribution in [0.4, 0.5) is 5.69 Å². The van der Waals surface area contributed by atoms with Crippen LogP contribution in [0.1, 0.15) is 16.7 Å². The minimum absolute atomic E-state index is 0.181. The monoisotopic (exact) mass is 327 g/mol. The summed E-state index contributed by atoms with van der Waals surface area (Å²) in [6.45, 7) is 2.96. The molecule has 0 aliphatic rings. The van der Waals surface area contributed by atoms with E-state index in [1.807, 2.05) is 30.1 Å². The lowest BCUT2D eigenvalue weighted by atomic mass is 10.1. The van der Waals surface area contributed by atoms with E-state index in [1.54, 1.807) is 18.2 Å². The Balaban J connectivity index is 1.99. The van der Waals surface area contributed by atoms with Gasteiger partial charge in [0.15, 0.2) is 0 Å². The van der Waals surface area contributed by atoms with Gasteiger partial charge in [-0.15, -0.1) is 0 Å². The molecule has 1 N–H and O–H groups in total. The number of carbonyl (C=O) groups is 1. The number of likely N-dealkylation sites (N-methyl/N-ethyl adjacent to an activating group) is 1. The van der Waals surface area contributed by atoms with Gasteiger partial charge in [-0.3, -0.25) is 9.69 Å². The molecule has 0 radical (unpaired) electrons. The number of hydrogen-bond acceptors (Lipinski definition) is 3. The number of rotatable bonds is 5. The number of nitriles is 1. The van der Waals surface area contributed by atoms with Gasteiger partial charge in [0, 0.05) is 11.6 Å². The van der Waals surface area contributed by atoms with Gasteiger partial charge in [0.1, 0.15) is 6.07 Å². The van der Waals surface area contributed by atoms with E-state index in [-0.39, 0.29) is 12.5 Å².